The van der Waals surface area contributed by atoms with Gasteiger partial charge in [-0.25, -0.2) is 0 Å². The molecule has 2 aromatic carbocycles. The van der Waals surface area contributed by atoms with Crippen LogP contribution in [0.3, 0.4) is 0 Å². The van der Waals surface area contributed by atoms with Gasteiger partial charge in [0.05, 0.1) is 0 Å². The van der Waals surface area contributed by atoms with Crippen LogP contribution in [0.2, 0.25) is 0 Å². The Hall–Kier alpha value is -1.10. The fourth-order valence-corrected chi connectivity index (χ4v) is 4.08. The first-order valence-corrected chi connectivity index (χ1v) is 8.20. The number of hydrogen-bond donors (Lipinski definition) is 2. The van der Waals surface area contributed by atoms with Crippen LogP contribution in [0.4, 0.5) is 0 Å². The Kier molecular flexibility index (Phi) is 6.67. The Labute approximate surface area is 156 Å². The number of benzene rings is 2. The topological polar surface area (TPSA) is 41.3 Å². The number of hydrogen-bond acceptors (Lipinski definition) is 3. The molecule has 0 radical (unpaired) electrons. The van der Waals surface area contributed by atoms with Crippen molar-refractivity contribution in [1.82, 2.24) is 10.2 Å². The van der Waals surface area contributed by atoms with E-state index >= 15 is 0 Å². The maximum atomic E-state index is 6.05. The lowest BCUT2D eigenvalue weighted by Gasteiger charge is -2.45. The van der Waals surface area contributed by atoms with E-state index in [2.05, 4.69) is 58.7 Å². The highest BCUT2D eigenvalue weighted by atomic mass is 35.5. The largest absolute Gasteiger partial charge is 0.326 e. The van der Waals surface area contributed by atoms with E-state index in [1.807, 2.05) is 0 Å². The molecule has 130 valence electrons. The molecule has 2 aromatic rings. The van der Waals surface area contributed by atoms with Crippen molar-refractivity contribution in [2.24, 2.45) is 5.73 Å². The SMILES string of the molecule is Cl.Cl.NCc1cccc2c1C(c1ccccc1)CN1CCNCC21. The van der Waals surface area contributed by atoms with Gasteiger partial charge in [0, 0.05) is 44.7 Å². The van der Waals surface area contributed by atoms with Gasteiger partial charge in [0.1, 0.15) is 0 Å². The second-order valence-electron chi connectivity index (χ2n) is 6.30. The predicted molar refractivity (Wildman–Crippen MR) is 104 cm³/mol. The van der Waals surface area contributed by atoms with Gasteiger partial charge in [-0.2, -0.15) is 0 Å². The minimum atomic E-state index is 0. The van der Waals surface area contributed by atoms with Crippen LogP contribution < -0.4 is 11.1 Å². The Morgan fingerprint density at radius 1 is 1.04 bits per heavy atom. The molecule has 2 unspecified atom stereocenters. The van der Waals surface area contributed by atoms with Crippen molar-refractivity contribution < 1.29 is 0 Å². The van der Waals surface area contributed by atoms with Gasteiger partial charge < -0.3 is 11.1 Å². The van der Waals surface area contributed by atoms with Gasteiger partial charge >= 0.3 is 0 Å². The number of nitrogens with one attached hydrogen (secondary N) is 1. The van der Waals surface area contributed by atoms with Crippen molar-refractivity contribution >= 4 is 24.8 Å². The number of halogens is 2. The summed E-state index contributed by atoms with van der Waals surface area (Å²) < 4.78 is 0. The number of nitrogens with zero attached hydrogens (tertiary/aromatic N) is 1. The lowest BCUT2D eigenvalue weighted by molar-refractivity contribution is 0.143. The third kappa shape index (κ3) is 3.32. The smallest absolute Gasteiger partial charge is 0.0476 e. The Morgan fingerprint density at radius 3 is 2.58 bits per heavy atom. The summed E-state index contributed by atoms with van der Waals surface area (Å²) in [6, 6.07) is 18.0. The average molecular weight is 366 g/mol. The van der Waals surface area contributed by atoms with Gasteiger partial charge in [-0.15, -0.1) is 24.8 Å². The Bertz CT molecular complexity index is 663. The average Bonchev–Trinajstić information content (AvgIpc) is 2.61. The molecule has 4 rings (SSSR count). The highest BCUT2D eigenvalue weighted by Crippen LogP contribution is 2.41. The van der Waals surface area contributed by atoms with Crippen LogP contribution in [0.15, 0.2) is 48.5 Å². The molecule has 2 heterocycles. The van der Waals surface area contributed by atoms with Crippen LogP contribution in [0.25, 0.3) is 0 Å². The maximum Gasteiger partial charge on any atom is 0.0476 e. The summed E-state index contributed by atoms with van der Waals surface area (Å²) in [5.41, 5.74) is 11.7. The van der Waals surface area contributed by atoms with Crippen molar-refractivity contribution in [3.63, 3.8) is 0 Å². The summed E-state index contributed by atoms with van der Waals surface area (Å²) in [7, 11) is 0. The molecule has 2 atom stereocenters. The molecule has 0 aromatic heterocycles. The highest BCUT2D eigenvalue weighted by Gasteiger charge is 2.35. The van der Waals surface area contributed by atoms with Crippen LogP contribution in [-0.4, -0.2) is 31.1 Å². The van der Waals surface area contributed by atoms with Crippen molar-refractivity contribution in [3.8, 4) is 0 Å². The normalized spacial score (nSPS) is 22.5. The molecule has 3 N–H and O–H groups in total. The molecule has 24 heavy (non-hydrogen) atoms. The summed E-state index contributed by atoms with van der Waals surface area (Å²) in [6.07, 6.45) is 0. The molecule has 0 bridgehead atoms. The van der Waals surface area contributed by atoms with Gasteiger partial charge in [0.2, 0.25) is 0 Å². The molecule has 1 fully saturated rings. The first-order chi connectivity index (χ1) is 10.9. The molecule has 0 spiro atoms. The molecular formula is C19H25Cl2N3. The van der Waals surface area contributed by atoms with Crippen LogP contribution >= 0.6 is 24.8 Å². The first-order valence-electron chi connectivity index (χ1n) is 8.20. The van der Waals surface area contributed by atoms with Gasteiger partial charge in [0.15, 0.2) is 0 Å². The molecule has 0 aliphatic carbocycles. The minimum absolute atomic E-state index is 0. The van der Waals surface area contributed by atoms with Gasteiger partial charge in [0.25, 0.3) is 0 Å². The Morgan fingerprint density at radius 2 is 1.83 bits per heavy atom. The van der Waals surface area contributed by atoms with Crippen molar-refractivity contribution in [2.45, 2.75) is 18.5 Å². The maximum absolute atomic E-state index is 6.05. The highest BCUT2D eigenvalue weighted by molar-refractivity contribution is 5.85. The molecule has 2 aliphatic heterocycles. The number of piperazine rings is 1. The zero-order valence-corrected chi connectivity index (χ0v) is 15.3. The van der Waals surface area contributed by atoms with Crippen LogP contribution in [0.5, 0.6) is 0 Å². The predicted octanol–water partition coefficient (Wildman–Crippen LogP) is 3.08. The van der Waals surface area contributed by atoms with E-state index in [0.717, 1.165) is 26.2 Å². The second kappa shape index (κ2) is 8.32. The molecule has 1 saturated heterocycles. The monoisotopic (exact) mass is 365 g/mol. The minimum Gasteiger partial charge on any atom is -0.326 e. The summed E-state index contributed by atoms with van der Waals surface area (Å²) in [4.78, 5) is 2.64. The third-order valence-electron chi connectivity index (χ3n) is 5.13. The molecule has 5 heteroatoms. The zero-order valence-electron chi connectivity index (χ0n) is 13.7. The number of fused-ring (bicyclic) bond motifs is 3. The van der Waals surface area contributed by atoms with E-state index in [-0.39, 0.29) is 24.8 Å². The molecule has 0 saturated carbocycles. The van der Waals surface area contributed by atoms with E-state index in [9.17, 15) is 0 Å². The Balaban J connectivity index is 0.00000104. The summed E-state index contributed by atoms with van der Waals surface area (Å²) in [5, 5.41) is 3.54. The first kappa shape index (κ1) is 19.2. The van der Waals surface area contributed by atoms with Crippen molar-refractivity contribution in [1.29, 1.82) is 0 Å². The zero-order chi connectivity index (χ0) is 14.9. The lowest BCUT2D eigenvalue weighted by atomic mass is 9.78. The van der Waals surface area contributed by atoms with Gasteiger partial charge in [-0.1, -0.05) is 48.5 Å². The molecular weight excluding hydrogens is 341 g/mol. The summed E-state index contributed by atoms with van der Waals surface area (Å²) >= 11 is 0. The van der Waals surface area contributed by atoms with Gasteiger partial charge in [-0.05, 0) is 22.3 Å². The van der Waals surface area contributed by atoms with E-state index in [0.29, 0.717) is 18.5 Å². The molecule has 2 aliphatic rings. The second-order valence-corrected chi connectivity index (χ2v) is 6.30. The van der Waals surface area contributed by atoms with Crippen LogP contribution in [0, 0.1) is 0 Å². The van der Waals surface area contributed by atoms with E-state index in [1.54, 1.807) is 0 Å². The van der Waals surface area contributed by atoms with Gasteiger partial charge in [-0.3, -0.25) is 4.90 Å². The van der Waals surface area contributed by atoms with E-state index in [1.165, 1.54) is 22.3 Å². The van der Waals surface area contributed by atoms with Crippen LogP contribution in [-0.2, 0) is 6.54 Å². The molecule has 3 nitrogen and oxygen atoms in total. The standard InChI is InChI=1S/C19H23N3.2ClH/c20-11-15-7-4-8-16-18-12-21-9-10-22(18)13-17(19(15)16)14-5-2-1-3-6-14;;/h1-8,17-18,21H,9-13,20H2;2*1H. The lowest BCUT2D eigenvalue weighted by Crippen LogP contribution is -2.50. The summed E-state index contributed by atoms with van der Waals surface area (Å²) in [6.45, 7) is 4.97. The third-order valence-corrected chi connectivity index (χ3v) is 5.13. The summed E-state index contributed by atoms with van der Waals surface area (Å²) in [5.74, 6) is 0.435. The number of nitrogens with two attached hydrogens (primary N) is 1. The van der Waals surface area contributed by atoms with E-state index in [4.69, 9.17) is 5.73 Å². The fourth-order valence-electron chi connectivity index (χ4n) is 4.08. The van der Waals surface area contributed by atoms with Crippen LogP contribution in [0.1, 0.15) is 34.2 Å². The fraction of sp³-hybridized carbons (Fsp3) is 0.368. The van der Waals surface area contributed by atoms with Crippen molar-refractivity contribution in [3.05, 3.63) is 70.8 Å². The molecule has 0 amide bonds. The number of rotatable bonds is 2. The van der Waals surface area contributed by atoms with Crippen molar-refractivity contribution in [2.75, 3.05) is 26.2 Å². The quantitative estimate of drug-likeness (QED) is 0.858. The van der Waals surface area contributed by atoms with E-state index < -0.39 is 0 Å².